The Balaban J connectivity index is 1.69. The van der Waals surface area contributed by atoms with E-state index in [0.29, 0.717) is 23.9 Å². The standard InChI is InChI=1S/C23H26N2O2/c1-14-7-9-16(10-8-14)18-5-3-4-6-19(18)23(27)25-13-17-11-15(2)12-20(17)21(25)22(24)26/h3-10,15,17,20-21H,11-13H2,1-2H3,(H2,24,26)/t15?,17-,20-,21-/m0/s1. The van der Waals surface area contributed by atoms with Gasteiger partial charge in [-0.1, -0.05) is 55.0 Å². The van der Waals surface area contributed by atoms with E-state index in [2.05, 4.69) is 6.92 Å². The number of aryl methyl sites for hydroxylation is 1. The number of hydrogen-bond acceptors (Lipinski definition) is 2. The van der Waals surface area contributed by atoms with Gasteiger partial charge in [-0.15, -0.1) is 0 Å². The predicted octanol–water partition coefficient (Wildman–Crippen LogP) is 3.63. The molecular weight excluding hydrogens is 336 g/mol. The maximum atomic E-state index is 13.5. The molecule has 1 aliphatic carbocycles. The third kappa shape index (κ3) is 3.14. The van der Waals surface area contributed by atoms with Crippen molar-refractivity contribution >= 4 is 11.8 Å². The monoisotopic (exact) mass is 362 g/mol. The van der Waals surface area contributed by atoms with Gasteiger partial charge < -0.3 is 10.6 Å². The number of carbonyl (C=O) groups is 2. The van der Waals surface area contributed by atoms with Gasteiger partial charge in [0.15, 0.2) is 0 Å². The van der Waals surface area contributed by atoms with Crippen LogP contribution in [0, 0.1) is 24.7 Å². The quantitative estimate of drug-likeness (QED) is 0.906. The van der Waals surface area contributed by atoms with Crippen LogP contribution in [0.15, 0.2) is 48.5 Å². The summed E-state index contributed by atoms with van der Waals surface area (Å²) in [5.74, 6) is 0.717. The first-order chi connectivity index (χ1) is 13.0. The van der Waals surface area contributed by atoms with Crippen molar-refractivity contribution in [1.29, 1.82) is 0 Å². The summed E-state index contributed by atoms with van der Waals surface area (Å²) >= 11 is 0. The highest BCUT2D eigenvalue weighted by Crippen LogP contribution is 2.45. The summed E-state index contributed by atoms with van der Waals surface area (Å²) < 4.78 is 0. The first-order valence-corrected chi connectivity index (χ1v) is 9.72. The van der Waals surface area contributed by atoms with E-state index >= 15 is 0 Å². The zero-order chi connectivity index (χ0) is 19.1. The van der Waals surface area contributed by atoms with Gasteiger partial charge in [0.1, 0.15) is 6.04 Å². The van der Waals surface area contributed by atoms with Crippen LogP contribution in [0.3, 0.4) is 0 Å². The van der Waals surface area contributed by atoms with Gasteiger partial charge in [-0.3, -0.25) is 9.59 Å². The minimum absolute atomic E-state index is 0.0861. The van der Waals surface area contributed by atoms with Crippen LogP contribution in [-0.2, 0) is 4.79 Å². The zero-order valence-electron chi connectivity index (χ0n) is 15.9. The molecule has 0 aromatic heterocycles. The average Bonchev–Trinajstić information content (AvgIpc) is 3.17. The van der Waals surface area contributed by atoms with Gasteiger partial charge in [0.25, 0.3) is 5.91 Å². The van der Waals surface area contributed by atoms with Gasteiger partial charge in [-0.2, -0.15) is 0 Å². The smallest absolute Gasteiger partial charge is 0.255 e. The van der Waals surface area contributed by atoms with Crippen molar-refractivity contribution in [3.05, 3.63) is 59.7 Å². The van der Waals surface area contributed by atoms with Crippen LogP contribution in [-0.4, -0.2) is 29.3 Å². The predicted molar refractivity (Wildman–Crippen MR) is 106 cm³/mol. The third-order valence-electron chi connectivity index (χ3n) is 6.23. The van der Waals surface area contributed by atoms with Crippen molar-refractivity contribution in [3.63, 3.8) is 0 Å². The molecule has 2 aromatic rings. The number of nitrogens with two attached hydrogens (primary N) is 1. The molecule has 1 aliphatic heterocycles. The van der Waals surface area contributed by atoms with E-state index in [-0.39, 0.29) is 17.7 Å². The normalized spacial score (nSPS) is 26.8. The summed E-state index contributed by atoms with van der Waals surface area (Å²) in [6.45, 7) is 4.89. The fourth-order valence-electron chi connectivity index (χ4n) is 5.02. The van der Waals surface area contributed by atoms with Crippen LogP contribution in [0.4, 0.5) is 0 Å². The Morgan fingerprint density at radius 1 is 1.04 bits per heavy atom. The fraction of sp³-hybridized carbons (Fsp3) is 0.391. The molecule has 2 fully saturated rings. The highest BCUT2D eigenvalue weighted by Gasteiger charge is 2.50. The van der Waals surface area contributed by atoms with Crippen molar-refractivity contribution in [3.8, 4) is 11.1 Å². The SMILES string of the molecule is Cc1ccc(-c2ccccc2C(=O)N2C[C@@H]3CC(C)C[C@@H]3[C@H]2C(N)=O)cc1. The Bertz CT molecular complexity index is 874. The Morgan fingerprint density at radius 3 is 2.44 bits per heavy atom. The molecule has 1 heterocycles. The largest absolute Gasteiger partial charge is 0.368 e. The van der Waals surface area contributed by atoms with Gasteiger partial charge in [-0.25, -0.2) is 0 Å². The highest BCUT2D eigenvalue weighted by molar-refractivity contribution is 6.03. The van der Waals surface area contributed by atoms with Gasteiger partial charge in [0.2, 0.25) is 5.91 Å². The molecule has 2 aliphatic rings. The molecule has 0 spiro atoms. The molecule has 0 radical (unpaired) electrons. The Hall–Kier alpha value is -2.62. The first kappa shape index (κ1) is 17.8. The van der Waals surface area contributed by atoms with Crippen LogP contribution in [0.1, 0.15) is 35.7 Å². The molecule has 140 valence electrons. The van der Waals surface area contributed by atoms with Crippen LogP contribution in [0.25, 0.3) is 11.1 Å². The lowest BCUT2D eigenvalue weighted by atomic mass is 9.93. The highest BCUT2D eigenvalue weighted by atomic mass is 16.2. The number of benzene rings is 2. The van der Waals surface area contributed by atoms with Crippen LogP contribution < -0.4 is 5.73 Å². The van der Waals surface area contributed by atoms with E-state index in [1.54, 1.807) is 4.90 Å². The summed E-state index contributed by atoms with van der Waals surface area (Å²) in [4.78, 5) is 27.4. The minimum Gasteiger partial charge on any atom is -0.368 e. The molecule has 2 N–H and O–H groups in total. The molecule has 1 saturated heterocycles. The van der Waals surface area contributed by atoms with Crippen LogP contribution in [0.2, 0.25) is 0 Å². The van der Waals surface area contributed by atoms with E-state index in [1.165, 1.54) is 5.56 Å². The topological polar surface area (TPSA) is 63.4 Å². The minimum atomic E-state index is -0.487. The maximum absolute atomic E-state index is 13.5. The van der Waals surface area contributed by atoms with E-state index in [1.807, 2.05) is 55.5 Å². The molecule has 2 aromatic carbocycles. The summed E-state index contributed by atoms with van der Waals surface area (Å²) in [6.07, 6.45) is 2.04. The molecule has 1 saturated carbocycles. The number of nitrogens with zero attached hydrogens (tertiary/aromatic N) is 1. The van der Waals surface area contributed by atoms with Crippen molar-refractivity contribution in [1.82, 2.24) is 4.90 Å². The van der Waals surface area contributed by atoms with Crippen molar-refractivity contribution in [2.45, 2.75) is 32.7 Å². The lowest BCUT2D eigenvalue weighted by molar-refractivity contribution is -0.122. The summed E-state index contributed by atoms with van der Waals surface area (Å²) in [6, 6.07) is 15.3. The second-order valence-corrected chi connectivity index (χ2v) is 8.22. The fourth-order valence-corrected chi connectivity index (χ4v) is 5.02. The molecule has 27 heavy (non-hydrogen) atoms. The van der Waals surface area contributed by atoms with E-state index in [0.717, 1.165) is 24.0 Å². The summed E-state index contributed by atoms with van der Waals surface area (Å²) in [7, 11) is 0. The number of primary amides is 1. The van der Waals surface area contributed by atoms with Crippen molar-refractivity contribution in [2.24, 2.45) is 23.5 Å². The number of amides is 2. The molecule has 4 atom stereocenters. The van der Waals surface area contributed by atoms with Crippen molar-refractivity contribution in [2.75, 3.05) is 6.54 Å². The van der Waals surface area contributed by atoms with Crippen molar-refractivity contribution < 1.29 is 9.59 Å². The molecule has 1 unspecified atom stereocenters. The number of likely N-dealkylation sites (tertiary alicyclic amines) is 1. The number of hydrogen-bond donors (Lipinski definition) is 1. The second-order valence-electron chi connectivity index (χ2n) is 8.22. The Kier molecular flexibility index (Phi) is 4.50. The zero-order valence-corrected chi connectivity index (χ0v) is 15.9. The molecule has 4 heteroatoms. The average molecular weight is 362 g/mol. The molecule has 2 amide bonds. The van der Waals surface area contributed by atoms with Crippen LogP contribution >= 0.6 is 0 Å². The number of fused-ring (bicyclic) bond motifs is 1. The Labute approximate surface area is 160 Å². The third-order valence-corrected chi connectivity index (χ3v) is 6.23. The van der Waals surface area contributed by atoms with Gasteiger partial charge in [0, 0.05) is 12.1 Å². The Morgan fingerprint density at radius 2 is 1.74 bits per heavy atom. The summed E-state index contributed by atoms with van der Waals surface area (Å²) in [5.41, 5.74) is 9.46. The lowest BCUT2D eigenvalue weighted by Gasteiger charge is -2.27. The van der Waals surface area contributed by atoms with Gasteiger partial charge in [-0.05, 0) is 54.7 Å². The van der Waals surface area contributed by atoms with E-state index in [9.17, 15) is 9.59 Å². The van der Waals surface area contributed by atoms with Gasteiger partial charge in [0.05, 0.1) is 0 Å². The molecule has 0 bridgehead atoms. The number of carbonyl (C=O) groups excluding carboxylic acids is 2. The first-order valence-electron chi connectivity index (χ1n) is 9.72. The maximum Gasteiger partial charge on any atom is 0.255 e. The lowest BCUT2D eigenvalue weighted by Crippen LogP contribution is -2.46. The molecule has 4 rings (SSSR count). The van der Waals surface area contributed by atoms with E-state index in [4.69, 9.17) is 5.73 Å². The molecule has 4 nitrogen and oxygen atoms in total. The number of rotatable bonds is 3. The summed E-state index contributed by atoms with van der Waals surface area (Å²) in [5, 5.41) is 0. The molecular formula is C23H26N2O2. The van der Waals surface area contributed by atoms with E-state index < -0.39 is 6.04 Å². The van der Waals surface area contributed by atoms with Gasteiger partial charge >= 0.3 is 0 Å². The second kappa shape index (κ2) is 6.84. The van der Waals surface area contributed by atoms with Crippen LogP contribution in [0.5, 0.6) is 0 Å².